The zero-order valence-corrected chi connectivity index (χ0v) is 23.6. The summed E-state index contributed by atoms with van der Waals surface area (Å²) in [4.78, 5) is 39.3. The highest BCUT2D eigenvalue weighted by molar-refractivity contribution is 14.1. The number of anilines is 1. The molecule has 4 rings (SSSR count). The molecule has 37 heavy (non-hydrogen) atoms. The Kier molecular flexibility index (Phi) is 8.78. The number of nitrogens with one attached hydrogen (secondary N) is 1. The van der Waals surface area contributed by atoms with Crippen molar-refractivity contribution in [1.82, 2.24) is 4.90 Å². The zero-order valence-electron chi connectivity index (χ0n) is 19.9. The third kappa shape index (κ3) is 6.85. The second-order valence-electron chi connectivity index (χ2n) is 8.13. The van der Waals surface area contributed by atoms with Crippen LogP contribution in [0.4, 0.5) is 10.5 Å². The predicted molar refractivity (Wildman–Crippen MR) is 154 cm³/mol. The monoisotopic (exact) mass is 648 g/mol. The number of carbonyl (C=O) groups excluding carboxylic acids is 3. The average molecular weight is 649 g/mol. The molecular formula is C27H22ClIN2O5S. The first-order valence-corrected chi connectivity index (χ1v) is 13.4. The summed E-state index contributed by atoms with van der Waals surface area (Å²) in [5, 5.41) is 3.03. The average Bonchev–Trinajstić information content (AvgIpc) is 3.13. The molecule has 3 aromatic rings. The van der Waals surface area contributed by atoms with E-state index in [9.17, 15) is 14.4 Å². The van der Waals surface area contributed by atoms with Crippen LogP contribution in [0, 0.1) is 10.5 Å². The Morgan fingerprint density at radius 1 is 1.11 bits per heavy atom. The minimum absolute atomic E-state index is 0.164. The van der Waals surface area contributed by atoms with Crippen molar-refractivity contribution < 1.29 is 23.9 Å². The topological polar surface area (TPSA) is 84.9 Å². The quantitative estimate of drug-likeness (QED) is 0.221. The Labute approximate surface area is 237 Å². The fraction of sp³-hybridized carbons (Fsp3) is 0.148. The van der Waals surface area contributed by atoms with Gasteiger partial charge in [0.1, 0.15) is 0 Å². The van der Waals surface area contributed by atoms with Gasteiger partial charge in [-0.1, -0.05) is 41.4 Å². The van der Waals surface area contributed by atoms with Crippen LogP contribution < -0.4 is 14.8 Å². The van der Waals surface area contributed by atoms with Gasteiger partial charge < -0.3 is 14.8 Å². The number of ether oxygens (including phenoxy) is 2. The van der Waals surface area contributed by atoms with Crippen molar-refractivity contribution in [3.8, 4) is 11.5 Å². The summed E-state index contributed by atoms with van der Waals surface area (Å²) in [6.45, 7) is 1.93. The zero-order chi connectivity index (χ0) is 26.5. The van der Waals surface area contributed by atoms with Crippen molar-refractivity contribution >= 4 is 74.8 Å². The highest BCUT2D eigenvalue weighted by Gasteiger charge is 2.35. The SMILES string of the molecule is COc1cc(/C=C2/SC(=O)N(Cc3ccc(Cl)cc3)C2=O)cc(I)c1OCC(=O)Nc1ccc(C)cc1. The van der Waals surface area contributed by atoms with Crippen LogP contribution in [0.15, 0.2) is 65.6 Å². The van der Waals surface area contributed by atoms with Crippen LogP contribution in [0.5, 0.6) is 11.5 Å². The molecule has 0 bridgehead atoms. The first-order chi connectivity index (χ1) is 17.7. The minimum Gasteiger partial charge on any atom is -0.493 e. The summed E-state index contributed by atoms with van der Waals surface area (Å²) in [6.07, 6.45) is 1.64. The Morgan fingerprint density at radius 2 is 1.81 bits per heavy atom. The lowest BCUT2D eigenvalue weighted by atomic mass is 10.1. The summed E-state index contributed by atoms with van der Waals surface area (Å²) in [5.41, 5.74) is 3.24. The van der Waals surface area contributed by atoms with E-state index >= 15 is 0 Å². The number of thioether (sulfide) groups is 1. The number of amides is 3. The van der Waals surface area contributed by atoms with E-state index in [4.69, 9.17) is 21.1 Å². The van der Waals surface area contributed by atoms with Crippen LogP contribution >= 0.6 is 46.0 Å². The molecule has 1 saturated heterocycles. The van der Waals surface area contributed by atoms with Gasteiger partial charge in [-0.3, -0.25) is 19.3 Å². The molecule has 1 aliphatic heterocycles. The minimum atomic E-state index is -0.368. The second-order valence-corrected chi connectivity index (χ2v) is 10.7. The molecule has 1 heterocycles. The van der Waals surface area contributed by atoms with Crippen molar-refractivity contribution in [3.05, 3.63) is 90.9 Å². The van der Waals surface area contributed by atoms with Crippen LogP contribution in [-0.4, -0.2) is 35.7 Å². The number of halogens is 2. The lowest BCUT2D eigenvalue weighted by molar-refractivity contribution is -0.123. The van der Waals surface area contributed by atoms with Crippen LogP contribution in [-0.2, 0) is 16.1 Å². The lowest BCUT2D eigenvalue weighted by Gasteiger charge is -2.14. The van der Waals surface area contributed by atoms with Gasteiger partial charge in [0, 0.05) is 10.7 Å². The van der Waals surface area contributed by atoms with Gasteiger partial charge in [-0.15, -0.1) is 0 Å². The third-order valence-electron chi connectivity index (χ3n) is 5.36. The summed E-state index contributed by atoms with van der Waals surface area (Å²) < 4.78 is 11.9. The van der Waals surface area contributed by atoms with Crippen molar-refractivity contribution in [2.24, 2.45) is 0 Å². The van der Waals surface area contributed by atoms with Gasteiger partial charge in [0.25, 0.3) is 17.1 Å². The first kappa shape index (κ1) is 27.0. The van der Waals surface area contributed by atoms with E-state index in [1.807, 2.05) is 31.2 Å². The fourth-order valence-electron chi connectivity index (χ4n) is 3.49. The summed E-state index contributed by atoms with van der Waals surface area (Å²) in [7, 11) is 1.49. The summed E-state index contributed by atoms with van der Waals surface area (Å²) in [5.74, 6) is 0.143. The van der Waals surface area contributed by atoms with Crippen molar-refractivity contribution in [1.29, 1.82) is 0 Å². The third-order valence-corrected chi connectivity index (χ3v) is 7.32. The number of aryl methyl sites for hydroxylation is 1. The predicted octanol–water partition coefficient (Wildman–Crippen LogP) is 6.52. The number of hydrogen-bond donors (Lipinski definition) is 1. The Bertz CT molecular complexity index is 1380. The number of imide groups is 1. The first-order valence-electron chi connectivity index (χ1n) is 11.1. The molecule has 190 valence electrons. The van der Waals surface area contributed by atoms with Crippen molar-refractivity contribution in [2.45, 2.75) is 13.5 Å². The molecule has 0 spiro atoms. The highest BCUT2D eigenvalue weighted by atomic mass is 127. The highest BCUT2D eigenvalue weighted by Crippen LogP contribution is 2.37. The molecule has 0 radical (unpaired) electrons. The standard InChI is InChI=1S/C27H22ClIN2O5S/c1-16-3-9-20(10-4-16)30-24(32)15-36-25-21(29)11-18(12-22(25)35-2)13-23-26(33)31(27(34)37-23)14-17-5-7-19(28)8-6-17/h3-13H,14-15H2,1-2H3,(H,30,32)/b23-13+. The van der Waals surface area contributed by atoms with Crippen LogP contribution in [0.3, 0.4) is 0 Å². The number of rotatable bonds is 8. The van der Waals surface area contributed by atoms with E-state index in [2.05, 4.69) is 27.9 Å². The van der Waals surface area contributed by atoms with E-state index in [1.165, 1.54) is 12.0 Å². The number of hydrogen-bond acceptors (Lipinski definition) is 6. The number of benzene rings is 3. The van der Waals surface area contributed by atoms with E-state index in [0.717, 1.165) is 22.9 Å². The number of carbonyl (C=O) groups is 3. The Hall–Kier alpha value is -3.02. The largest absolute Gasteiger partial charge is 0.493 e. The molecule has 0 aromatic heterocycles. The van der Waals surface area contributed by atoms with E-state index in [1.54, 1.807) is 42.5 Å². The number of methoxy groups -OCH3 is 1. The van der Waals surface area contributed by atoms with Gasteiger partial charge in [0.15, 0.2) is 18.1 Å². The molecule has 1 aliphatic rings. The molecule has 10 heteroatoms. The molecule has 1 fully saturated rings. The molecule has 3 aromatic carbocycles. The van der Waals surface area contributed by atoms with Gasteiger partial charge in [-0.25, -0.2) is 0 Å². The van der Waals surface area contributed by atoms with Crippen molar-refractivity contribution in [2.75, 3.05) is 19.0 Å². The van der Waals surface area contributed by atoms with E-state index in [0.29, 0.717) is 36.2 Å². The van der Waals surface area contributed by atoms with Crippen molar-refractivity contribution in [3.63, 3.8) is 0 Å². The Morgan fingerprint density at radius 3 is 2.49 bits per heavy atom. The summed E-state index contributed by atoms with van der Waals surface area (Å²) in [6, 6.07) is 18.0. The van der Waals surface area contributed by atoms with Gasteiger partial charge >= 0.3 is 0 Å². The maximum atomic E-state index is 12.9. The molecular weight excluding hydrogens is 627 g/mol. The molecule has 0 aliphatic carbocycles. The maximum Gasteiger partial charge on any atom is 0.293 e. The summed E-state index contributed by atoms with van der Waals surface area (Å²) >= 11 is 8.88. The molecule has 1 N–H and O–H groups in total. The van der Waals surface area contributed by atoms with E-state index in [-0.39, 0.29) is 30.2 Å². The molecule has 0 saturated carbocycles. The molecule has 7 nitrogen and oxygen atoms in total. The fourth-order valence-corrected chi connectivity index (χ4v) is 5.24. The second kappa shape index (κ2) is 12.0. The molecule has 3 amide bonds. The van der Waals surface area contributed by atoms with Gasteiger partial charge in [-0.2, -0.15) is 0 Å². The van der Waals surface area contributed by atoms with Gasteiger partial charge in [0.2, 0.25) is 0 Å². The lowest BCUT2D eigenvalue weighted by Crippen LogP contribution is -2.27. The molecule has 0 unspecified atom stereocenters. The normalized spacial score (nSPS) is 14.3. The van der Waals surface area contributed by atoms with Crippen LogP contribution in [0.25, 0.3) is 6.08 Å². The Balaban J connectivity index is 1.45. The van der Waals surface area contributed by atoms with Gasteiger partial charge in [0.05, 0.1) is 22.1 Å². The smallest absolute Gasteiger partial charge is 0.293 e. The van der Waals surface area contributed by atoms with Gasteiger partial charge in [-0.05, 0) is 94.9 Å². The van der Waals surface area contributed by atoms with Crippen LogP contribution in [0.1, 0.15) is 16.7 Å². The maximum absolute atomic E-state index is 12.9. The number of nitrogens with zero attached hydrogens (tertiary/aromatic N) is 1. The van der Waals surface area contributed by atoms with Crippen LogP contribution in [0.2, 0.25) is 5.02 Å². The van der Waals surface area contributed by atoms with E-state index < -0.39 is 0 Å². The molecule has 0 atom stereocenters.